The maximum absolute atomic E-state index is 14.0. The molecule has 1 fully saturated rings. The predicted molar refractivity (Wildman–Crippen MR) is 146 cm³/mol. The summed E-state index contributed by atoms with van der Waals surface area (Å²) in [4.78, 5) is 24.3. The Labute approximate surface area is 230 Å². The number of rotatable bonds is 6. The van der Waals surface area contributed by atoms with Gasteiger partial charge in [-0.3, -0.25) is 4.90 Å². The fourth-order valence-electron chi connectivity index (χ4n) is 4.33. The molecule has 2 amide bonds. The topological polar surface area (TPSA) is 82.6 Å². The number of halogens is 4. The van der Waals surface area contributed by atoms with Crippen molar-refractivity contribution in [3.8, 4) is 11.6 Å². The van der Waals surface area contributed by atoms with E-state index in [1.165, 1.54) is 24.5 Å². The Hall–Kier alpha value is -3.57. The zero-order chi connectivity index (χ0) is 28.2. The second kappa shape index (κ2) is 11.7. The Bertz CT molecular complexity index is 1290. The van der Waals surface area contributed by atoms with Gasteiger partial charge in [0.1, 0.15) is 17.2 Å². The van der Waals surface area contributed by atoms with Crippen molar-refractivity contribution in [1.29, 1.82) is 0 Å². The van der Waals surface area contributed by atoms with Crippen molar-refractivity contribution in [2.45, 2.75) is 26.9 Å². The molecule has 0 saturated carbocycles. The van der Waals surface area contributed by atoms with Gasteiger partial charge in [-0.15, -0.1) is 0 Å². The summed E-state index contributed by atoms with van der Waals surface area (Å²) in [6.07, 6.45) is -3.31. The number of hydrogen-bond donors (Lipinski definition) is 2. The smallest absolute Gasteiger partial charge is 0.418 e. The fourth-order valence-corrected chi connectivity index (χ4v) is 4.46. The molecular formula is C27H30ClF3N6O2. The highest BCUT2D eigenvalue weighted by molar-refractivity contribution is 6.29. The van der Waals surface area contributed by atoms with Crippen molar-refractivity contribution in [2.75, 3.05) is 48.3 Å². The highest BCUT2D eigenvalue weighted by Gasteiger charge is 2.36. The number of carbonyl (C=O) groups is 1. The van der Waals surface area contributed by atoms with Crippen LogP contribution in [0, 0.1) is 5.41 Å². The van der Waals surface area contributed by atoms with Crippen molar-refractivity contribution in [2.24, 2.45) is 5.41 Å². The number of ether oxygens (including phenoxy) is 1. The first-order valence-electron chi connectivity index (χ1n) is 12.4. The summed E-state index contributed by atoms with van der Waals surface area (Å²) in [6, 6.07) is 11.0. The van der Waals surface area contributed by atoms with Gasteiger partial charge in [-0.25, -0.2) is 14.8 Å². The largest absolute Gasteiger partial charge is 0.439 e. The Morgan fingerprint density at radius 2 is 1.59 bits per heavy atom. The van der Waals surface area contributed by atoms with Gasteiger partial charge in [-0.05, 0) is 47.9 Å². The number of hydrogen-bond acceptors (Lipinski definition) is 6. The number of amides is 2. The van der Waals surface area contributed by atoms with Gasteiger partial charge in [0.2, 0.25) is 5.88 Å². The van der Waals surface area contributed by atoms with Crippen LogP contribution in [-0.4, -0.2) is 53.6 Å². The molecule has 2 heterocycles. The lowest BCUT2D eigenvalue weighted by Crippen LogP contribution is -2.49. The number of piperazine rings is 1. The zero-order valence-corrected chi connectivity index (χ0v) is 22.6. The Morgan fingerprint density at radius 1 is 0.949 bits per heavy atom. The average Bonchev–Trinajstić information content (AvgIpc) is 2.84. The molecular weight excluding hydrogens is 533 g/mol. The van der Waals surface area contributed by atoms with Gasteiger partial charge in [-0.1, -0.05) is 32.4 Å². The van der Waals surface area contributed by atoms with E-state index in [4.69, 9.17) is 16.3 Å². The van der Waals surface area contributed by atoms with Crippen molar-refractivity contribution >= 4 is 34.7 Å². The van der Waals surface area contributed by atoms with E-state index in [-0.39, 0.29) is 27.8 Å². The third kappa shape index (κ3) is 8.21. The number of anilines is 3. The van der Waals surface area contributed by atoms with Gasteiger partial charge >= 0.3 is 12.2 Å². The summed E-state index contributed by atoms with van der Waals surface area (Å²) < 4.78 is 47.5. The van der Waals surface area contributed by atoms with Crippen LogP contribution in [0.3, 0.4) is 0 Å². The van der Waals surface area contributed by atoms with Gasteiger partial charge in [0, 0.05) is 55.9 Å². The Kier molecular flexibility index (Phi) is 8.51. The number of aromatic nitrogens is 2. The summed E-state index contributed by atoms with van der Waals surface area (Å²) >= 11 is 5.82. The van der Waals surface area contributed by atoms with E-state index >= 15 is 0 Å². The summed E-state index contributed by atoms with van der Waals surface area (Å²) in [5.41, 5.74) is -0.0905. The van der Waals surface area contributed by atoms with E-state index < -0.39 is 17.8 Å². The fraction of sp³-hybridized carbons (Fsp3) is 0.370. The van der Waals surface area contributed by atoms with Crippen LogP contribution in [0.15, 0.2) is 54.9 Å². The maximum atomic E-state index is 14.0. The number of urea groups is 1. The second-order valence-corrected chi connectivity index (χ2v) is 10.8. The standard InChI is InChI=1S/C27H30ClF3N6O2/c1-26(2,3)16-36-10-12-37(13-11-36)22-9-6-19(14-21(22)27(29,30)31)35-25(38)34-18-4-7-20(8-5-18)39-24-15-23(28)32-17-33-24/h4-9,14-15,17H,10-13,16H2,1-3H3,(H2,34,35,38). The van der Waals surface area contributed by atoms with Crippen LogP contribution in [0.4, 0.5) is 35.0 Å². The number of benzene rings is 2. The monoisotopic (exact) mass is 562 g/mol. The maximum Gasteiger partial charge on any atom is 0.418 e. The minimum atomic E-state index is -4.57. The quantitative estimate of drug-likeness (QED) is 0.323. The first-order chi connectivity index (χ1) is 18.4. The highest BCUT2D eigenvalue weighted by atomic mass is 35.5. The second-order valence-electron chi connectivity index (χ2n) is 10.4. The molecule has 39 heavy (non-hydrogen) atoms. The van der Waals surface area contributed by atoms with E-state index in [9.17, 15) is 18.0 Å². The molecule has 3 aromatic rings. The molecule has 1 aromatic heterocycles. The van der Waals surface area contributed by atoms with E-state index in [2.05, 4.69) is 46.3 Å². The van der Waals surface area contributed by atoms with Crippen LogP contribution in [0.1, 0.15) is 26.3 Å². The van der Waals surface area contributed by atoms with Crippen LogP contribution in [-0.2, 0) is 6.18 Å². The van der Waals surface area contributed by atoms with Crippen molar-refractivity contribution in [3.05, 3.63) is 65.6 Å². The van der Waals surface area contributed by atoms with Crippen LogP contribution in [0.2, 0.25) is 5.15 Å². The Morgan fingerprint density at radius 3 is 2.21 bits per heavy atom. The minimum absolute atomic E-state index is 0.0375. The van der Waals surface area contributed by atoms with E-state index in [0.29, 0.717) is 37.6 Å². The first kappa shape index (κ1) is 28.4. The van der Waals surface area contributed by atoms with E-state index in [0.717, 1.165) is 12.6 Å². The van der Waals surface area contributed by atoms with Gasteiger partial charge < -0.3 is 20.3 Å². The molecule has 2 N–H and O–H groups in total. The molecule has 0 aliphatic carbocycles. The number of carbonyl (C=O) groups excluding carboxylic acids is 1. The van der Waals surface area contributed by atoms with Gasteiger partial charge in [0.25, 0.3) is 0 Å². The number of nitrogens with zero attached hydrogens (tertiary/aromatic N) is 4. The molecule has 0 bridgehead atoms. The van der Waals surface area contributed by atoms with Gasteiger partial charge in [-0.2, -0.15) is 13.2 Å². The Balaban J connectivity index is 1.38. The molecule has 0 atom stereocenters. The van der Waals surface area contributed by atoms with Crippen LogP contribution in [0.25, 0.3) is 0 Å². The summed E-state index contributed by atoms with van der Waals surface area (Å²) in [5, 5.41) is 5.32. The lowest BCUT2D eigenvalue weighted by Gasteiger charge is -2.39. The summed E-state index contributed by atoms with van der Waals surface area (Å²) in [6.45, 7) is 9.69. The first-order valence-corrected chi connectivity index (χ1v) is 12.8. The lowest BCUT2D eigenvalue weighted by atomic mass is 9.95. The molecule has 0 spiro atoms. The van der Waals surface area contributed by atoms with Crippen molar-refractivity contribution in [1.82, 2.24) is 14.9 Å². The van der Waals surface area contributed by atoms with Crippen LogP contribution >= 0.6 is 11.6 Å². The molecule has 12 heteroatoms. The highest BCUT2D eigenvalue weighted by Crippen LogP contribution is 2.39. The normalized spacial score (nSPS) is 14.7. The van der Waals surface area contributed by atoms with Gasteiger partial charge in [0.05, 0.1) is 5.56 Å². The van der Waals surface area contributed by atoms with Crippen LogP contribution < -0.4 is 20.3 Å². The lowest BCUT2D eigenvalue weighted by molar-refractivity contribution is -0.137. The number of nitrogens with one attached hydrogen (secondary N) is 2. The molecule has 2 aromatic carbocycles. The minimum Gasteiger partial charge on any atom is -0.439 e. The molecule has 8 nitrogen and oxygen atoms in total. The molecule has 0 radical (unpaired) electrons. The van der Waals surface area contributed by atoms with E-state index in [1.807, 2.05) is 0 Å². The summed E-state index contributed by atoms with van der Waals surface area (Å²) in [5.74, 6) is 0.699. The third-order valence-corrected chi connectivity index (χ3v) is 6.12. The molecule has 1 aliphatic rings. The predicted octanol–water partition coefficient (Wildman–Crippen LogP) is 6.75. The molecule has 208 valence electrons. The molecule has 1 aliphatic heterocycles. The molecule has 0 unspecified atom stereocenters. The van der Waals surface area contributed by atoms with Gasteiger partial charge in [0.15, 0.2) is 0 Å². The van der Waals surface area contributed by atoms with Crippen molar-refractivity contribution < 1.29 is 22.7 Å². The number of alkyl halides is 3. The zero-order valence-electron chi connectivity index (χ0n) is 21.8. The summed E-state index contributed by atoms with van der Waals surface area (Å²) in [7, 11) is 0. The molecule has 4 rings (SSSR count). The average molecular weight is 563 g/mol. The SMILES string of the molecule is CC(C)(C)CN1CCN(c2ccc(NC(=O)Nc3ccc(Oc4cc(Cl)ncn4)cc3)cc2C(F)(F)F)CC1. The van der Waals surface area contributed by atoms with Crippen molar-refractivity contribution in [3.63, 3.8) is 0 Å². The van der Waals surface area contributed by atoms with Crippen LogP contribution in [0.5, 0.6) is 11.6 Å². The molecule has 1 saturated heterocycles. The third-order valence-electron chi connectivity index (χ3n) is 5.91. The van der Waals surface area contributed by atoms with E-state index in [1.54, 1.807) is 29.2 Å².